The Labute approximate surface area is 169 Å². The Balaban J connectivity index is 1.90. The van der Waals surface area contributed by atoms with Gasteiger partial charge in [0.15, 0.2) is 0 Å². The Bertz CT molecular complexity index is 1120. The lowest BCUT2D eigenvalue weighted by Crippen LogP contribution is -2.28. The van der Waals surface area contributed by atoms with Crippen LogP contribution in [0.15, 0.2) is 58.8 Å². The fourth-order valence-electron chi connectivity index (χ4n) is 2.71. The summed E-state index contributed by atoms with van der Waals surface area (Å²) in [6, 6.07) is 14.3. The number of aryl methyl sites for hydroxylation is 3. The largest absolute Gasteiger partial charge is 0.321 e. The molecular weight excluding hydrogens is 392 g/mol. The van der Waals surface area contributed by atoms with Crippen molar-refractivity contribution in [1.29, 1.82) is 0 Å². The van der Waals surface area contributed by atoms with Crippen molar-refractivity contribution < 1.29 is 13.2 Å². The molecule has 0 saturated heterocycles. The molecule has 0 spiro atoms. The van der Waals surface area contributed by atoms with Crippen molar-refractivity contribution in [3.63, 3.8) is 0 Å². The molecule has 28 heavy (non-hydrogen) atoms. The lowest BCUT2D eigenvalue weighted by Gasteiger charge is -2.20. The van der Waals surface area contributed by atoms with Crippen LogP contribution in [0.4, 0.5) is 11.4 Å². The first kappa shape index (κ1) is 20.1. The number of benzene rings is 2. The second-order valence-electron chi connectivity index (χ2n) is 6.68. The first-order valence-electron chi connectivity index (χ1n) is 8.72. The van der Waals surface area contributed by atoms with Gasteiger partial charge < -0.3 is 5.32 Å². The van der Waals surface area contributed by atoms with E-state index in [1.807, 2.05) is 45.0 Å². The van der Waals surface area contributed by atoms with Gasteiger partial charge in [0.1, 0.15) is 9.77 Å². The average Bonchev–Trinajstić information content (AvgIpc) is 3.16. The number of rotatable bonds is 5. The van der Waals surface area contributed by atoms with Gasteiger partial charge in [0, 0.05) is 12.7 Å². The Morgan fingerprint density at radius 3 is 2.29 bits per heavy atom. The van der Waals surface area contributed by atoms with Gasteiger partial charge in [0.25, 0.3) is 15.9 Å². The number of nitrogens with one attached hydrogen (secondary N) is 1. The van der Waals surface area contributed by atoms with Gasteiger partial charge in [-0.2, -0.15) is 0 Å². The van der Waals surface area contributed by atoms with Crippen molar-refractivity contribution in [2.45, 2.75) is 25.7 Å². The summed E-state index contributed by atoms with van der Waals surface area (Å²) < 4.78 is 27.4. The van der Waals surface area contributed by atoms with Gasteiger partial charge >= 0.3 is 0 Å². The molecule has 0 bridgehead atoms. The number of carbonyl (C=O) groups excluding carboxylic acids is 1. The first-order chi connectivity index (χ1) is 13.2. The number of hydrogen-bond acceptors (Lipinski definition) is 4. The summed E-state index contributed by atoms with van der Waals surface area (Å²) in [6.07, 6.45) is 0. The summed E-state index contributed by atoms with van der Waals surface area (Å²) in [7, 11) is -2.37. The van der Waals surface area contributed by atoms with Crippen molar-refractivity contribution in [1.82, 2.24) is 0 Å². The van der Waals surface area contributed by atoms with E-state index in [4.69, 9.17) is 0 Å². The highest BCUT2D eigenvalue weighted by Crippen LogP contribution is 2.29. The van der Waals surface area contributed by atoms with Gasteiger partial charge in [-0.25, -0.2) is 8.42 Å². The molecular formula is C21H22N2O3S2. The summed E-state index contributed by atoms with van der Waals surface area (Å²) in [5.41, 5.74) is 4.39. The third-order valence-corrected chi connectivity index (χ3v) is 7.51. The van der Waals surface area contributed by atoms with Gasteiger partial charge in [-0.3, -0.25) is 9.10 Å². The van der Waals surface area contributed by atoms with Gasteiger partial charge in [0.2, 0.25) is 0 Å². The summed E-state index contributed by atoms with van der Waals surface area (Å²) in [5, 5.41) is 4.42. The highest BCUT2D eigenvalue weighted by Gasteiger charge is 2.28. The number of nitrogens with zero attached hydrogens (tertiary/aromatic N) is 1. The summed E-state index contributed by atoms with van der Waals surface area (Å²) >= 11 is 1.11. The molecule has 1 amide bonds. The lowest BCUT2D eigenvalue weighted by molar-refractivity contribution is 0.102. The zero-order chi connectivity index (χ0) is 20.5. The molecule has 3 rings (SSSR count). The van der Waals surface area contributed by atoms with Crippen LogP contribution in [0.25, 0.3) is 0 Å². The molecule has 3 aromatic rings. The fourth-order valence-corrected chi connectivity index (χ4v) is 5.20. The predicted octanol–water partition coefficient (Wildman–Crippen LogP) is 4.75. The van der Waals surface area contributed by atoms with E-state index in [2.05, 4.69) is 5.32 Å². The zero-order valence-electron chi connectivity index (χ0n) is 16.2. The van der Waals surface area contributed by atoms with E-state index in [0.717, 1.165) is 28.0 Å². The SMILES string of the molecule is Cc1ccc(N(C)S(=O)(=O)c2ccsc2C(=O)Nc2ccc(C)c(C)c2)cc1. The van der Waals surface area contributed by atoms with E-state index in [9.17, 15) is 13.2 Å². The number of thiophene rings is 1. The summed E-state index contributed by atoms with van der Waals surface area (Å²) in [5.74, 6) is -0.436. The highest BCUT2D eigenvalue weighted by atomic mass is 32.2. The molecule has 2 aromatic carbocycles. The van der Waals surface area contributed by atoms with Crippen molar-refractivity contribution in [3.8, 4) is 0 Å². The maximum absolute atomic E-state index is 13.1. The van der Waals surface area contributed by atoms with Gasteiger partial charge in [-0.05, 0) is 67.6 Å². The molecule has 0 radical (unpaired) electrons. The molecule has 0 aliphatic heterocycles. The molecule has 1 N–H and O–H groups in total. The van der Waals surface area contributed by atoms with E-state index in [-0.39, 0.29) is 9.77 Å². The van der Waals surface area contributed by atoms with Gasteiger partial charge in [0.05, 0.1) is 5.69 Å². The normalized spacial score (nSPS) is 11.3. The molecule has 0 unspecified atom stereocenters. The number of sulfonamides is 1. The van der Waals surface area contributed by atoms with Crippen LogP contribution in [0.2, 0.25) is 0 Å². The lowest BCUT2D eigenvalue weighted by atomic mass is 10.1. The topological polar surface area (TPSA) is 66.5 Å². The highest BCUT2D eigenvalue weighted by molar-refractivity contribution is 7.93. The minimum Gasteiger partial charge on any atom is -0.321 e. The second kappa shape index (κ2) is 7.77. The van der Waals surface area contributed by atoms with Gasteiger partial charge in [-0.15, -0.1) is 11.3 Å². The second-order valence-corrected chi connectivity index (χ2v) is 9.53. The Kier molecular flexibility index (Phi) is 5.58. The fraction of sp³-hybridized carbons (Fsp3) is 0.190. The molecule has 5 nitrogen and oxygen atoms in total. The summed E-state index contributed by atoms with van der Waals surface area (Å²) in [4.78, 5) is 12.9. The summed E-state index contributed by atoms with van der Waals surface area (Å²) in [6.45, 7) is 5.89. The van der Waals surface area contributed by atoms with E-state index >= 15 is 0 Å². The van der Waals surface area contributed by atoms with Crippen LogP contribution >= 0.6 is 11.3 Å². The van der Waals surface area contributed by atoms with Crippen LogP contribution in [0.3, 0.4) is 0 Å². The average molecular weight is 415 g/mol. The molecule has 0 atom stereocenters. The van der Waals surface area contributed by atoms with Crippen LogP contribution in [-0.4, -0.2) is 21.4 Å². The smallest absolute Gasteiger partial charge is 0.267 e. The zero-order valence-corrected chi connectivity index (χ0v) is 17.8. The Morgan fingerprint density at radius 1 is 0.964 bits per heavy atom. The third-order valence-electron chi connectivity index (χ3n) is 4.64. The minimum atomic E-state index is -3.86. The van der Waals surface area contributed by atoms with Crippen LogP contribution in [0.1, 0.15) is 26.4 Å². The van der Waals surface area contributed by atoms with Crippen molar-refractivity contribution in [3.05, 3.63) is 75.5 Å². The van der Waals surface area contributed by atoms with Crippen molar-refractivity contribution in [2.75, 3.05) is 16.7 Å². The van der Waals surface area contributed by atoms with Crippen LogP contribution in [0.5, 0.6) is 0 Å². The van der Waals surface area contributed by atoms with Crippen LogP contribution in [0, 0.1) is 20.8 Å². The predicted molar refractivity (Wildman–Crippen MR) is 115 cm³/mol. The third kappa shape index (κ3) is 3.95. The quantitative estimate of drug-likeness (QED) is 0.655. The number of amides is 1. The van der Waals surface area contributed by atoms with E-state index < -0.39 is 15.9 Å². The van der Waals surface area contributed by atoms with E-state index in [1.54, 1.807) is 23.6 Å². The van der Waals surface area contributed by atoms with Gasteiger partial charge in [-0.1, -0.05) is 23.8 Å². The standard InChI is InChI=1S/C21H22N2O3S2/c1-14-5-9-18(10-6-14)23(4)28(25,26)19-11-12-27-20(19)21(24)22-17-8-7-15(2)16(3)13-17/h5-13H,1-4H3,(H,22,24). The van der Waals surface area contributed by atoms with Crippen molar-refractivity contribution in [2.24, 2.45) is 0 Å². The molecule has 0 aliphatic carbocycles. The van der Waals surface area contributed by atoms with E-state index in [1.165, 1.54) is 17.4 Å². The monoisotopic (exact) mass is 414 g/mol. The molecule has 0 saturated carbocycles. The number of hydrogen-bond donors (Lipinski definition) is 1. The van der Waals surface area contributed by atoms with Crippen molar-refractivity contribution >= 4 is 38.6 Å². The van der Waals surface area contributed by atoms with E-state index in [0.29, 0.717) is 11.4 Å². The van der Waals surface area contributed by atoms with Crippen LogP contribution < -0.4 is 9.62 Å². The Morgan fingerprint density at radius 2 is 1.64 bits per heavy atom. The Hall–Kier alpha value is -2.64. The molecule has 1 aromatic heterocycles. The molecule has 146 valence electrons. The number of anilines is 2. The maximum Gasteiger partial charge on any atom is 0.267 e. The molecule has 0 fully saturated rings. The first-order valence-corrected chi connectivity index (χ1v) is 11.0. The van der Waals surface area contributed by atoms with Crippen LogP contribution in [-0.2, 0) is 10.0 Å². The molecule has 1 heterocycles. The minimum absolute atomic E-state index is 0.00177. The molecule has 7 heteroatoms. The number of carbonyl (C=O) groups is 1. The maximum atomic E-state index is 13.1. The molecule has 0 aliphatic rings.